The molecule has 0 fully saturated rings. The average molecular weight is 718 g/mol. The Kier molecular flexibility index (Phi) is 5.74. The van der Waals surface area contributed by atoms with Crippen molar-refractivity contribution in [1.29, 1.82) is 0 Å². The van der Waals surface area contributed by atoms with Gasteiger partial charge in [0.25, 0.3) is 0 Å². The van der Waals surface area contributed by atoms with Crippen LogP contribution in [-0.2, 0) is 0 Å². The molecule has 4 nitrogen and oxygen atoms in total. The Balaban J connectivity index is 1.21. The van der Waals surface area contributed by atoms with Crippen LogP contribution in [0.25, 0.3) is 124 Å². The van der Waals surface area contributed by atoms with Gasteiger partial charge in [0.1, 0.15) is 11.2 Å². The second kappa shape index (κ2) is 10.8. The molecule has 4 heterocycles. The highest BCUT2D eigenvalue weighted by Gasteiger charge is 2.24. The molecule has 254 valence electrons. The van der Waals surface area contributed by atoms with Gasteiger partial charge in [-0.05, 0) is 74.1 Å². The summed E-state index contributed by atoms with van der Waals surface area (Å²) in [5.41, 5.74) is 6.75. The van der Waals surface area contributed by atoms with Crippen molar-refractivity contribution in [2.45, 2.75) is 0 Å². The quantitative estimate of drug-likeness (QED) is 0.167. The predicted octanol–water partition coefficient (Wildman–Crippen LogP) is 14.1. The van der Waals surface area contributed by atoms with Crippen molar-refractivity contribution in [2.24, 2.45) is 0 Å². The summed E-state index contributed by atoms with van der Waals surface area (Å²) in [4.78, 5) is 11.1. The van der Waals surface area contributed by atoms with E-state index in [2.05, 4.69) is 156 Å². The molecule has 0 amide bonds. The van der Waals surface area contributed by atoms with E-state index in [0.29, 0.717) is 5.95 Å². The summed E-state index contributed by atoms with van der Waals surface area (Å²) in [7, 11) is 0. The van der Waals surface area contributed by atoms with Crippen LogP contribution in [0.15, 0.2) is 168 Å². The smallest absolute Gasteiger partial charge is 0.235 e. The maximum Gasteiger partial charge on any atom is 0.235 e. The average Bonchev–Trinajstić information content (AvgIpc) is 3.92. The molecular weight excluding hydrogens is 691 g/mol. The zero-order valence-electron chi connectivity index (χ0n) is 29.2. The van der Waals surface area contributed by atoms with Crippen molar-refractivity contribution in [2.75, 3.05) is 0 Å². The van der Waals surface area contributed by atoms with Gasteiger partial charge in [0, 0.05) is 42.6 Å². The highest BCUT2D eigenvalue weighted by molar-refractivity contribution is 7.26. The third-order valence-electron chi connectivity index (χ3n) is 11.6. The first-order chi connectivity index (χ1) is 27.3. The van der Waals surface area contributed by atoms with Crippen LogP contribution < -0.4 is 0 Å². The first-order valence-electron chi connectivity index (χ1n) is 18.6. The first-order valence-corrected chi connectivity index (χ1v) is 19.4. The molecule has 13 aromatic rings. The number of hydrogen-bond acceptors (Lipinski definition) is 4. The third kappa shape index (κ3) is 3.94. The van der Waals surface area contributed by atoms with Crippen LogP contribution in [0, 0.1) is 0 Å². The van der Waals surface area contributed by atoms with E-state index in [0.717, 1.165) is 59.8 Å². The standard InChI is InChI=1S/C50H27N3OS/c1-2-12-30-28(11-1)22-25-39-45(30)46-40(26-24-37-33-15-4-3-13-31(33)32-14-5-6-17-36(32)44(37)46)53(39)50-51-47(49-48(52-50)38-18-8-10-20-43(38)55-49)29-21-23-35-34-16-7-9-19-41(34)54-42(35)27-29/h1-27H. The van der Waals surface area contributed by atoms with Crippen molar-refractivity contribution in [3.05, 3.63) is 164 Å². The van der Waals surface area contributed by atoms with Crippen LogP contribution in [0.4, 0.5) is 0 Å². The van der Waals surface area contributed by atoms with Gasteiger partial charge in [0.05, 0.1) is 26.9 Å². The van der Waals surface area contributed by atoms with E-state index in [9.17, 15) is 0 Å². The van der Waals surface area contributed by atoms with Crippen LogP contribution in [-0.4, -0.2) is 14.5 Å². The minimum Gasteiger partial charge on any atom is -0.456 e. The Morgan fingerprint density at radius 2 is 1.04 bits per heavy atom. The Morgan fingerprint density at radius 1 is 0.436 bits per heavy atom. The molecule has 0 unspecified atom stereocenters. The van der Waals surface area contributed by atoms with Crippen molar-refractivity contribution >= 4 is 118 Å². The van der Waals surface area contributed by atoms with Gasteiger partial charge in [-0.3, -0.25) is 4.57 Å². The molecule has 0 aliphatic rings. The Hall–Kier alpha value is -7.08. The van der Waals surface area contributed by atoms with Crippen LogP contribution in [0.2, 0.25) is 0 Å². The number of para-hydroxylation sites is 1. The molecule has 0 radical (unpaired) electrons. The van der Waals surface area contributed by atoms with Gasteiger partial charge in [-0.25, -0.2) is 9.97 Å². The van der Waals surface area contributed by atoms with E-state index >= 15 is 0 Å². The highest BCUT2D eigenvalue weighted by Crippen LogP contribution is 2.46. The topological polar surface area (TPSA) is 43.9 Å². The summed E-state index contributed by atoms with van der Waals surface area (Å²) in [6, 6.07) is 58.8. The number of aromatic nitrogens is 3. The Labute approximate surface area is 317 Å². The highest BCUT2D eigenvalue weighted by atomic mass is 32.1. The molecule has 0 saturated heterocycles. The molecule has 13 rings (SSSR count). The summed E-state index contributed by atoms with van der Waals surface area (Å²) >= 11 is 1.75. The van der Waals surface area contributed by atoms with Gasteiger partial charge < -0.3 is 4.42 Å². The van der Waals surface area contributed by atoms with E-state index in [1.54, 1.807) is 11.3 Å². The molecule has 0 aliphatic carbocycles. The number of thiophene rings is 1. The van der Waals surface area contributed by atoms with E-state index < -0.39 is 0 Å². The molecular formula is C50H27N3OS. The van der Waals surface area contributed by atoms with Crippen LogP contribution in [0.3, 0.4) is 0 Å². The fourth-order valence-electron chi connectivity index (χ4n) is 9.23. The number of benzene rings is 9. The van der Waals surface area contributed by atoms with E-state index in [1.807, 2.05) is 12.1 Å². The second-order valence-corrected chi connectivity index (χ2v) is 15.5. The number of furan rings is 1. The normalized spacial score (nSPS) is 12.4. The maximum absolute atomic E-state index is 6.41. The summed E-state index contributed by atoms with van der Waals surface area (Å²) in [6.07, 6.45) is 0. The van der Waals surface area contributed by atoms with Crippen LogP contribution in [0.5, 0.6) is 0 Å². The zero-order chi connectivity index (χ0) is 35.8. The molecule has 0 N–H and O–H groups in total. The largest absolute Gasteiger partial charge is 0.456 e. The maximum atomic E-state index is 6.41. The molecule has 5 heteroatoms. The molecule has 0 bridgehead atoms. The van der Waals surface area contributed by atoms with E-state index in [-0.39, 0.29) is 0 Å². The van der Waals surface area contributed by atoms with Crippen molar-refractivity contribution in [3.8, 4) is 17.2 Å². The predicted molar refractivity (Wildman–Crippen MR) is 232 cm³/mol. The summed E-state index contributed by atoms with van der Waals surface area (Å²) in [6.45, 7) is 0. The van der Waals surface area contributed by atoms with Gasteiger partial charge >= 0.3 is 0 Å². The third-order valence-corrected chi connectivity index (χ3v) is 12.8. The van der Waals surface area contributed by atoms with Gasteiger partial charge in [0.15, 0.2) is 0 Å². The lowest BCUT2D eigenvalue weighted by molar-refractivity contribution is 0.669. The molecule has 0 saturated carbocycles. The second-order valence-electron chi connectivity index (χ2n) is 14.4. The molecule has 0 spiro atoms. The van der Waals surface area contributed by atoms with Crippen molar-refractivity contribution in [1.82, 2.24) is 14.5 Å². The molecule has 55 heavy (non-hydrogen) atoms. The molecule has 0 atom stereocenters. The molecule has 4 aromatic heterocycles. The number of hydrogen-bond donors (Lipinski definition) is 0. The van der Waals surface area contributed by atoms with Gasteiger partial charge in [-0.2, -0.15) is 0 Å². The fraction of sp³-hybridized carbons (Fsp3) is 0. The minimum absolute atomic E-state index is 0.649. The number of nitrogens with zero attached hydrogens (tertiary/aromatic N) is 3. The lowest BCUT2D eigenvalue weighted by Gasteiger charge is -2.13. The van der Waals surface area contributed by atoms with Crippen molar-refractivity contribution < 1.29 is 4.42 Å². The number of rotatable bonds is 2. The van der Waals surface area contributed by atoms with Crippen LogP contribution in [0.1, 0.15) is 0 Å². The monoisotopic (exact) mass is 717 g/mol. The van der Waals surface area contributed by atoms with Crippen molar-refractivity contribution in [3.63, 3.8) is 0 Å². The summed E-state index contributed by atoms with van der Waals surface area (Å²) < 4.78 is 11.0. The van der Waals surface area contributed by atoms with E-state index in [1.165, 1.54) is 58.6 Å². The lowest BCUT2D eigenvalue weighted by Crippen LogP contribution is -2.02. The van der Waals surface area contributed by atoms with Gasteiger partial charge in [-0.1, -0.05) is 127 Å². The molecule has 9 aromatic carbocycles. The van der Waals surface area contributed by atoms with E-state index in [4.69, 9.17) is 14.4 Å². The van der Waals surface area contributed by atoms with Gasteiger partial charge in [-0.15, -0.1) is 11.3 Å². The zero-order valence-corrected chi connectivity index (χ0v) is 30.1. The Bertz CT molecular complexity index is 3760. The number of fused-ring (bicyclic) bond motifs is 18. The van der Waals surface area contributed by atoms with Crippen LogP contribution >= 0.6 is 11.3 Å². The lowest BCUT2D eigenvalue weighted by atomic mass is 9.91. The fourth-order valence-corrected chi connectivity index (χ4v) is 10.4. The molecule has 0 aliphatic heterocycles. The first kappa shape index (κ1) is 29.4. The van der Waals surface area contributed by atoms with Gasteiger partial charge in [0.2, 0.25) is 5.95 Å². The minimum atomic E-state index is 0.649. The summed E-state index contributed by atoms with van der Waals surface area (Å²) in [5.74, 6) is 0.649. The Morgan fingerprint density at radius 3 is 1.87 bits per heavy atom. The SMILES string of the molecule is c1ccc2c(c1)ccc1c2c2c3c4ccccc4c4ccccc4c3ccc2n1-c1nc(-c2ccc3c(c2)oc2ccccc23)c2sc3ccccc3c2n1. The summed E-state index contributed by atoms with van der Waals surface area (Å²) in [5, 5.41) is 15.7.